The normalized spacial score (nSPS) is 10.7. The number of nitrogens with one attached hydrogen (secondary N) is 1. The van der Waals surface area contributed by atoms with Gasteiger partial charge >= 0.3 is 0 Å². The number of hydrogen-bond donors (Lipinski definition) is 1. The monoisotopic (exact) mass is 328 g/mol. The molecule has 0 aliphatic carbocycles. The van der Waals surface area contributed by atoms with Crippen molar-refractivity contribution in [2.75, 3.05) is 24.2 Å². The van der Waals surface area contributed by atoms with Crippen LogP contribution >= 0.6 is 11.8 Å². The number of benzene rings is 2. The Morgan fingerprint density at radius 2 is 1.78 bits per heavy atom. The molecule has 4 heteroatoms. The molecule has 1 amide bonds. The van der Waals surface area contributed by atoms with Crippen LogP contribution in [0.3, 0.4) is 0 Å². The van der Waals surface area contributed by atoms with E-state index >= 15 is 0 Å². The highest BCUT2D eigenvalue weighted by atomic mass is 32.2. The average Bonchev–Trinajstić information content (AvgIpc) is 2.59. The van der Waals surface area contributed by atoms with Crippen LogP contribution in [-0.2, 0) is 11.3 Å². The lowest BCUT2D eigenvalue weighted by atomic mass is 10.2. The number of thioether (sulfide) groups is 1. The van der Waals surface area contributed by atoms with Crippen molar-refractivity contribution in [2.45, 2.75) is 25.3 Å². The lowest BCUT2D eigenvalue weighted by Gasteiger charge is -2.18. The van der Waals surface area contributed by atoms with Crippen molar-refractivity contribution >= 4 is 23.4 Å². The Morgan fingerprint density at radius 3 is 2.48 bits per heavy atom. The third kappa shape index (κ3) is 6.08. The summed E-state index contributed by atoms with van der Waals surface area (Å²) >= 11 is 1.55. The minimum Gasteiger partial charge on any atom is -0.325 e. The van der Waals surface area contributed by atoms with Gasteiger partial charge in [0.05, 0.1) is 5.75 Å². The predicted molar refractivity (Wildman–Crippen MR) is 98.9 cm³/mol. The molecule has 0 heterocycles. The number of hydrogen-bond acceptors (Lipinski definition) is 3. The molecule has 2 aromatic rings. The van der Waals surface area contributed by atoms with Crippen LogP contribution < -0.4 is 5.32 Å². The number of carbonyl (C=O) groups excluding carboxylic acids is 1. The van der Waals surface area contributed by atoms with Crippen molar-refractivity contribution in [2.24, 2.45) is 0 Å². The summed E-state index contributed by atoms with van der Waals surface area (Å²) in [7, 11) is 0. The fourth-order valence-corrected chi connectivity index (χ4v) is 3.04. The van der Waals surface area contributed by atoms with E-state index in [1.165, 1.54) is 5.56 Å². The van der Waals surface area contributed by atoms with E-state index in [-0.39, 0.29) is 5.91 Å². The molecule has 3 nitrogen and oxygen atoms in total. The Labute approximate surface area is 143 Å². The Kier molecular flexibility index (Phi) is 7.17. The number of nitrogens with zero attached hydrogens (tertiary/aromatic N) is 1. The molecule has 0 aliphatic heterocycles. The topological polar surface area (TPSA) is 32.3 Å². The molecule has 0 radical (unpaired) electrons. The van der Waals surface area contributed by atoms with Crippen LogP contribution in [0.2, 0.25) is 0 Å². The lowest BCUT2D eigenvalue weighted by molar-refractivity contribution is -0.113. The second-order valence-electron chi connectivity index (χ2n) is 5.31. The van der Waals surface area contributed by atoms with Crippen molar-refractivity contribution in [3.63, 3.8) is 0 Å². The minimum absolute atomic E-state index is 0.0267. The largest absolute Gasteiger partial charge is 0.325 e. The Morgan fingerprint density at radius 1 is 1.04 bits per heavy atom. The molecule has 1 N–H and O–H groups in total. The van der Waals surface area contributed by atoms with Crippen molar-refractivity contribution < 1.29 is 4.79 Å². The maximum atomic E-state index is 12.1. The molecule has 0 spiro atoms. The zero-order valence-electron chi connectivity index (χ0n) is 13.8. The van der Waals surface area contributed by atoms with Gasteiger partial charge in [0.25, 0.3) is 0 Å². The van der Waals surface area contributed by atoms with Gasteiger partial charge in [-0.25, -0.2) is 0 Å². The van der Waals surface area contributed by atoms with E-state index in [9.17, 15) is 4.79 Å². The second-order valence-corrected chi connectivity index (χ2v) is 6.36. The first kappa shape index (κ1) is 17.6. The van der Waals surface area contributed by atoms with Gasteiger partial charge in [0.15, 0.2) is 0 Å². The molecular weight excluding hydrogens is 304 g/mol. The highest BCUT2D eigenvalue weighted by Crippen LogP contribution is 2.18. The van der Waals surface area contributed by atoms with Gasteiger partial charge in [0.2, 0.25) is 5.91 Å². The van der Waals surface area contributed by atoms with Gasteiger partial charge < -0.3 is 5.32 Å². The first-order chi connectivity index (χ1) is 11.2. The van der Waals surface area contributed by atoms with E-state index in [0.29, 0.717) is 5.75 Å². The van der Waals surface area contributed by atoms with Crippen molar-refractivity contribution in [1.82, 2.24) is 4.90 Å². The van der Waals surface area contributed by atoms with Gasteiger partial charge in [-0.15, -0.1) is 11.8 Å². The van der Waals surface area contributed by atoms with Crippen molar-refractivity contribution in [3.8, 4) is 0 Å². The zero-order chi connectivity index (χ0) is 16.5. The Bertz CT molecular complexity index is 612. The van der Waals surface area contributed by atoms with Gasteiger partial charge in [0.1, 0.15) is 0 Å². The highest BCUT2D eigenvalue weighted by molar-refractivity contribution is 8.00. The van der Waals surface area contributed by atoms with E-state index in [2.05, 4.69) is 36.2 Å². The molecule has 2 aromatic carbocycles. The van der Waals surface area contributed by atoms with E-state index in [1.54, 1.807) is 11.8 Å². The van der Waals surface area contributed by atoms with Crippen LogP contribution in [0.1, 0.15) is 19.4 Å². The molecular formula is C19H24N2OS. The first-order valence-electron chi connectivity index (χ1n) is 8.00. The maximum Gasteiger partial charge on any atom is 0.234 e. The molecule has 0 atom stereocenters. The van der Waals surface area contributed by atoms with Gasteiger partial charge in [-0.1, -0.05) is 44.2 Å². The molecule has 0 aromatic heterocycles. The van der Waals surface area contributed by atoms with Crippen LogP contribution in [0.25, 0.3) is 0 Å². The molecule has 2 rings (SSSR count). The molecule has 0 fully saturated rings. The Balaban J connectivity index is 1.88. The van der Waals surface area contributed by atoms with Crippen LogP contribution in [0.4, 0.5) is 5.69 Å². The summed E-state index contributed by atoms with van der Waals surface area (Å²) in [5.41, 5.74) is 2.09. The number of rotatable bonds is 8. The second kappa shape index (κ2) is 9.38. The lowest BCUT2D eigenvalue weighted by Crippen LogP contribution is -2.22. The van der Waals surface area contributed by atoms with Crippen LogP contribution in [0, 0.1) is 0 Å². The fraction of sp³-hybridized carbons (Fsp3) is 0.316. The zero-order valence-corrected chi connectivity index (χ0v) is 14.6. The number of anilines is 1. The third-order valence-corrected chi connectivity index (χ3v) is 4.64. The summed E-state index contributed by atoms with van der Waals surface area (Å²) in [6.07, 6.45) is 0. The molecule has 23 heavy (non-hydrogen) atoms. The van der Waals surface area contributed by atoms with Crippen LogP contribution in [0.5, 0.6) is 0 Å². The Hall–Kier alpha value is -1.78. The summed E-state index contributed by atoms with van der Waals surface area (Å²) < 4.78 is 0. The van der Waals surface area contributed by atoms with Gasteiger partial charge in [-0.05, 0) is 42.9 Å². The van der Waals surface area contributed by atoms with E-state index in [4.69, 9.17) is 0 Å². The summed E-state index contributed by atoms with van der Waals surface area (Å²) in [5, 5.41) is 2.98. The molecule has 0 unspecified atom stereocenters. The van der Waals surface area contributed by atoms with Crippen LogP contribution in [-0.4, -0.2) is 29.6 Å². The molecule has 0 saturated heterocycles. The summed E-state index contributed by atoms with van der Waals surface area (Å²) in [4.78, 5) is 15.6. The summed E-state index contributed by atoms with van der Waals surface area (Å²) in [6, 6.07) is 18.1. The van der Waals surface area contributed by atoms with Gasteiger partial charge in [0, 0.05) is 17.1 Å². The average molecular weight is 328 g/mol. The number of amides is 1. The molecule has 0 bridgehead atoms. The highest BCUT2D eigenvalue weighted by Gasteiger charge is 2.06. The van der Waals surface area contributed by atoms with Crippen molar-refractivity contribution in [3.05, 3.63) is 60.2 Å². The minimum atomic E-state index is 0.0267. The smallest absolute Gasteiger partial charge is 0.234 e. The van der Waals surface area contributed by atoms with Gasteiger partial charge in [-0.3, -0.25) is 9.69 Å². The molecule has 0 aliphatic rings. The third-order valence-electron chi connectivity index (χ3n) is 3.62. The quantitative estimate of drug-likeness (QED) is 0.735. The predicted octanol–water partition coefficient (Wildman–Crippen LogP) is 4.26. The summed E-state index contributed by atoms with van der Waals surface area (Å²) in [6.45, 7) is 7.29. The fourth-order valence-electron chi connectivity index (χ4n) is 2.32. The molecule has 0 saturated carbocycles. The van der Waals surface area contributed by atoms with E-state index < -0.39 is 0 Å². The molecule has 122 valence electrons. The maximum absolute atomic E-state index is 12.1. The van der Waals surface area contributed by atoms with E-state index in [1.807, 2.05) is 42.5 Å². The van der Waals surface area contributed by atoms with E-state index in [0.717, 1.165) is 30.2 Å². The van der Waals surface area contributed by atoms with Crippen molar-refractivity contribution in [1.29, 1.82) is 0 Å². The first-order valence-corrected chi connectivity index (χ1v) is 8.98. The SMILES string of the molecule is CCN(CC)Cc1cccc(NC(=O)CSc2ccccc2)c1. The summed E-state index contributed by atoms with van der Waals surface area (Å²) in [5.74, 6) is 0.448. The number of carbonyl (C=O) groups is 1. The van der Waals surface area contributed by atoms with Crippen LogP contribution in [0.15, 0.2) is 59.5 Å². The van der Waals surface area contributed by atoms with Gasteiger partial charge in [-0.2, -0.15) is 0 Å². The standard InChI is InChI=1S/C19H24N2OS/c1-3-21(4-2)14-16-9-8-10-17(13-16)20-19(22)15-23-18-11-6-5-7-12-18/h5-13H,3-4,14-15H2,1-2H3,(H,20,22).